The fourth-order valence-electron chi connectivity index (χ4n) is 1.93. The summed E-state index contributed by atoms with van der Waals surface area (Å²) in [5, 5.41) is 0. The van der Waals surface area contributed by atoms with Gasteiger partial charge in [0.2, 0.25) is 0 Å². The first-order valence-electron chi connectivity index (χ1n) is 6.43. The average molecular weight is 276 g/mol. The molecule has 1 unspecified atom stereocenters. The third-order valence-corrected chi connectivity index (χ3v) is 4.39. The highest BCUT2D eigenvalue weighted by atomic mass is 32.2. The van der Waals surface area contributed by atoms with E-state index in [2.05, 4.69) is 12.1 Å². The molecule has 2 aromatic carbocycles. The molecule has 0 spiro atoms. The van der Waals surface area contributed by atoms with Crippen molar-refractivity contribution < 1.29 is 8.60 Å². The van der Waals surface area contributed by atoms with Gasteiger partial charge in [0.25, 0.3) is 0 Å². The van der Waals surface area contributed by atoms with Gasteiger partial charge in [0.05, 0.1) is 10.8 Å². The lowest BCUT2D eigenvalue weighted by Gasteiger charge is -2.03. The van der Waals surface area contributed by atoms with E-state index in [1.54, 1.807) is 12.1 Å². The van der Waals surface area contributed by atoms with Crippen molar-refractivity contribution in [2.24, 2.45) is 0 Å². The Morgan fingerprint density at radius 3 is 2.47 bits per heavy atom. The van der Waals surface area contributed by atoms with Gasteiger partial charge in [-0.05, 0) is 43.0 Å². The normalized spacial score (nSPS) is 12.3. The third-order valence-electron chi connectivity index (χ3n) is 2.95. The van der Waals surface area contributed by atoms with Gasteiger partial charge in [0.15, 0.2) is 0 Å². The maximum atomic E-state index is 13.0. The first-order valence-corrected chi connectivity index (χ1v) is 7.75. The second-order valence-corrected chi connectivity index (χ2v) is 6.02. The van der Waals surface area contributed by atoms with Gasteiger partial charge in [-0.25, -0.2) is 4.39 Å². The van der Waals surface area contributed by atoms with Crippen LogP contribution in [0.15, 0.2) is 59.5 Å². The zero-order valence-corrected chi connectivity index (χ0v) is 11.5. The molecule has 2 rings (SSSR count). The van der Waals surface area contributed by atoms with Crippen molar-refractivity contribution in [3.05, 3.63) is 66.0 Å². The van der Waals surface area contributed by atoms with E-state index in [0.29, 0.717) is 10.6 Å². The van der Waals surface area contributed by atoms with Crippen LogP contribution >= 0.6 is 0 Å². The van der Waals surface area contributed by atoms with Gasteiger partial charge in [0.1, 0.15) is 5.82 Å². The molecule has 0 aliphatic carbocycles. The van der Waals surface area contributed by atoms with Gasteiger partial charge in [-0.15, -0.1) is 0 Å². The Hall–Kier alpha value is -1.48. The minimum Gasteiger partial charge on any atom is -0.254 e. The van der Waals surface area contributed by atoms with Crippen LogP contribution in [0.5, 0.6) is 0 Å². The van der Waals surface area contributed by atoms with Crippen molar-refractivity contribution in [1.82, 2.24) is 0 Å². The molecule has 100 valence electrons. The van der Waals surface area contributed by atoms with Gasteiger partial charge in [-0.1, -0.05) is 36.4 Å². The zero-order chi connectivity index (χ0) is 13.5. The second-order valence-electron chi connectivity index (χ2n) is 4.45. The molecule has 0 N–H and O–H groups in total. The van der Waals surface area contributed by atoms with Crippen molar-refractivity contribution in [2.75, 3.05) is 5.75 Å². The highest BCUT2D eigenvalue weighted by Crippen LogP contribution is 2.11. The van der Waals surface area contributed by atoms with Crippen LogP contribution in [-0.2, 0) is 17.2 Å². The summed E-state index contributed by atoms with van der Waals surface area (Å²) in [5.74, 6) is 0.270. The Morgan fingerprint density at radius 1 is 0.947 bits per heavy atom. The lowest BCUT2D eigenvalue weighted by Crippen LogP contribution is -1.99. The Labute approximate surface area is 115 Å². The molecule has 0 aliphatic heterocycles. The molecule has 1 atom stereocenters. The Balaban J connectivity index is 1.75. The highest BCUT2D eigenvalue weighted by molar-refractivity contribution is 7.85. The summed E-state index contributed by atoms with van der Waals surface area (Å²) in [5.41, 5.74) is 1.30. The zero-order valence-electron chi connectivity index (χ0n) is 10.7. The maximum absolute atomic E-state index is 13.0. The summed E-state index contributed by atoms with van der Waals surface area (Å²) in [7, 11) is -1.09. The minimum atomic E-state index is -1.09. The quantitative estimate of drug-likeness (QED) is 0.730. The van der Waals surface area contributed by atoms with Crippen molar-refractivity contribution in [3.8, 4) is 0 Å². The van der Waals surface area contributed by atoms with E-state index in [1.807, 2.05) is 18.2 Å². The molecule has 3 heteroatoms. The number of rotatable bonds is 6. The van der Waals surface area contributed by atoms with Crippen LogP contribution < -0.4 is 0 Å². The largest absolute Gasteiger partial charge is 0.254 e. The van der Waals surface area contributed by atoms with Crippen molar-refractivity contribution in [2.45, 2.75) is 24.2 Å². The van der Waals surface area contributed by atoms with Crippen LogP contribution in [0.4, 0.5) is 4.39 Å². The van der Waals surface area contributed by atoms with Crippen LogP contribution in [0.3, 0.4) is 0 Å². The lowest BCUT2D eigenvalue weighted by molar-refractivity contribution is 0.622. The summed E-state index contributed by atoms with van der Waals surface area (Å²) in [6, 6.07) is 16.3. The SMILES string of the molecule is O=S(CCCCc1ccccc1)c1cccc(F)c1. The Kier molecular flexibility index (Phi) is 5.28. The summed E-state index contributed by atoms with van der Waals surface area (Å²) in [4.78, 5) is 0.583. The van der Waals surface area contributed by atoms with Crippen molar-refractivity contribution in [3.63, 3.8) is 0 Å². The van der Waals surface area contributed by atoms with E-state index < -0.39 is 10.8 Å². The molecular formula is C16H17FOS. The molecule has 0 saturated carbocycles. The number of benzene rings is 2. The number of aryl methyl sites for hydroxylation is 1. The summed E-state index contributed by atoms with van der Waals surface area (Å²) in [6.45, 7) is 0. The fraction of sp³-hybridized carbons (Fsp3) is 0.250. The fourth-order valence-corrected chi connectivity index (χ4v) is 3.11. The van der Waals surface area contributed by atoms with Gasteiger partial charge < -0.3 is 0 Å². The Bertz CT molecular complexity index is 539. The third kappa shape index (κ3) is 4.60. The van der Waals surface area contributed by atoms with Crippen LogP contribution in [0.2, 0.25) is 0 Å². The van der Waals surface area contributed by atoms with Gasteiger partial charge in [-0.3, -0.25) is 4.21 Å². The predicted molar refractivity (Wildman–Crippen MR) is 77.1 cm³/mol. The maximum Gasteiger partial charge on any atom is 0.124 e. The van der Waals surface area contributed by atoms with Crippen LogP contribution in [-0.4, -0.2) is 9.96 Å². The average Bonchev–Trinajstić information content (AvgIpc) is 2.44. The summed E-state index contributed by atoms with van der Waals surface area (Å²) in [6.07, 6.45) is 2.89. The summed E-state index contributed by atoms with van der Waals surface area (Å²) < 4.78 is 25.0. The topological polar surface area (TPSA) is 17.1 Å². The molecule has 1 nitrogen and oxygen atoms in total. The molecule has 0 bridgehead atoms. The number of unbranched alkanes of at least 4 members (excludes halogenated alkanes) is 1. The molecule has 19 heavy (non-hydrogen) atoms. The number of halogens is 1. The van der Waals surface area contributed by atoms with Crippen molar-refractivity contribution >= 4 is 10.8 Å². The lowest BCUT2D eigenvalue weighted by atomic mass is 10.1. The van der Waals surface area contributed by atoms with E-state index >= 15 is 0 Å². The van der Waals surface area contributed by atoms with Gasteiger partial charge >= 0.3 is 0 Å². The van der Waals surface area contributed by atoms with E-state index in [-0.39, 0.29) is 5.82 Å². The first kappa shape index (κ1) is 13.9. The van der Waals surface area contributed by atoms with E-state index in [1.165, 1.54) is 17.7 Å². The number of hydrogen-bond donors (Lipinski definition) is 0. The molecule has 0 saturated heterocycles. The molecule has 0 fully saturated rings. The smallest absolute Gasteiger partial charge is 0.124 e. The molecule has 0 heterocycles. The van der Waals surface area contributed by atoms with Crippen molar-refractivity contribution in [1.29, 1.82) is 0 Å². The molecule has 0 amide bonds. The first-order chi connectivity index (χ1) is 9.25. The van der Waals surface area contributed by atoms with Crippen LogP contribution in [0.1, 0.15) is 18.4 Å². The van der Waals surface area contributed by atoms with Gasteiger partial charge in [-0.2, -0.15) is 0 Å². The van der Waals surface area contributed by atoms with Crippen LogP contribution in [0.25, 0.3) is 0 Å². The molecule has 0 aliphatic rings. The molecule has 0 aromatic heterocycles. The van der Waals surface area contributed by atoms with Crippen LogP contribution in [0, 0.1) is 5.82 Å². The Morgan fingerprint density at radius 2 is 1.74 bits per heavy atom. The van der Waals surface area contributed by atoms with E-state index in [0.717, 1.165) is 19.3 Å². The second kappa shape index (κ2) is 7.19. The standard InChI is InChI=1S/C16H17FOS/c17-15-10-6-11-16(13-15)19(18)12-5-4-9-14-7-2-1-3-8-14/h1-3,6-8,10-11,13H,4-5,9,12H2. The molecule has 0 radical (unpaired) electrons. The van der Waals surface area contributed by atoms with E-state index in [4.69, 9.17) is 0 Å². The predicted octanol–water partition coefficient (Wildman–Crippen LogP) is 3.96. The highest BCUT2D eigenvalue weighted by Gasteiger charge is 2.04. The number of hydrogen-bond acceptors (Lipinski definition) is 1. The van der Waals surface area contributed by atoms with Gasteiger partial charge in [0, 0.05) is 10.6 Å². The monoisotopic (exact) mass is 276 g/mol. The van der Waals surface area contributed by atoms with E-state index in [9.17, 15) is 8.60 Å². The summed E-state index contributed by atoms with van der Waals surface area (Å²) >= 11 is 0. The minimum absolute atomic E-state index is 0.324. The molecular weight excluding hydrogens is 259 g/mol. The molecule has 2 aromatic rings.